The summed E-state index contributed by atoms with van der Waals surface area (Å²) in [5.41, 5.74) is 0.835. The summed E-state index contributed by atoms with van der Waals surface area (Å²) in [7, 11) is 1.56. The van der Waals surface area contributed by atoms with Crippen molar-refractivity contribution in [1.29, 1.82) is 0 Å². The number of hydrogen-bond donors (Lipinski definition) is 2. The fourth-order valence-electron chi connectivity index (χ4n) is 2.25. The Morgan fingerprint density at radius 2 is 1.86 bits per heavy atom. The molecule has 0 radical (unpaired) electrons. The second-order valence-electron chi connectivity index (χ2n) is 5.95. The molecule has 8 heteroatoms. The van der Waals surface area contributed by atoms with Crippen molar-refractivity contribution in [2.75, 3.05) is 13.7 Å². The summed E-state index contributed by atoms with van der Waals surface area (Å²) < 4.78 is 28.8. The molecule has 1 amide bonds. The van der Waals surface area contributed by atoms with Gasteiger partial charge in [0.25, 0.3) is 0 Å². The van der Waals surface area contributed by atoms with E-state index in [4.69, 9.17) is 14.2 Å². The van der Waals surface area contributed by atoms with Gasteiger partial charge in [0.15, 0.2) is 0 Å². The number of carbonyl (C=O) groups excluding carboxylic acids is 1. The monoisotopic (exact) mass is 391 g/mol. The minimum atomic E-state index is -1.32. The summed E-state index contributed by atoms with van der Waals surface area (Å²) >= 11 is 0. The molecular weight excluding hydrogens is 369 g/mol. The van der Waals surface area contributed by atoms with Crippen LogP contribution < -0.4 is 14.8 Å². The molecule has 150 valence electrons. The van der Waals surface area contributed by atoms with Crippen LogP contribution in [0.2, 0.25) is 0 Å². The molecule has 2 rings (SSSR count). The Hall–Kier alpha value is -3.13. The van der Waals surface area contributed by atoms with Crippen LogP contribution in [0.5, 0.6) is 11.5 Å². The minimum absolute atomic E-state index is 0.186. The van der Waals surface area contributed by atoms with Crippen molar-refractivity contribution in [3.63, 3.8) is 0 Å². The van der Waals surface area contributed by atoms with Gasteiger partial charge in [0, 0.05) is 0 Å². The highest BCUT2D eigenvalue weighted by Crippen LogP contribution is 2.14. The maximum atomic E-state index is 12.9. The average Bonchev–Trinajstić information content (AvgIpc) is 2.70. The molecule has 0 heterocycles. The lowest BCUT2D eigenvalue weighted by Crippen LogP contribution is -2.43. The van der Waals surface area contributed by atoms with Gasteiger partial charge < -0.3 is 24.6 Å². The summed E-state index contributed by atoms with van der Waals surface area (Å²) in [6.45, 7) is 1.49. The molecule has 0 saturated heterocycles. The van der Waals surface area contributed by atoms with E-state index >= 15 is 0 Å². The van der Waals surface area contributed by atoms with Gasteiger partial charge in [-0.1, -0.05) is 12.1 Å². The number of ether oxygens (including phenoxy) is 3. The summed E-state index contributed by atoms with van der Waals surface area (Å²) in [4.78, 5) is 23.5. The van der Waals surface area contributed by atoms with Crippen molar-refractivity contribution in [1.82, 2.24) is 5.32 Å². The van der Waals surface area contributed by atoms with E-state index in [-0.39, 0.29) is 18.9 Å². The van der Waals surface area contributed by atoms with E-state index in [1.165, 1.54) is 12.1 Å². The van der Waals surface area contributed by atoms with Gasteiger partial charge >= 0.3 is 5.97 Å². The van der Waals surface area contributed by atoms with E-state index in [0.717, 1.165) is 17.7 Å². The zero-order chi connectivity index (χ0) is 20.5. The van der Waals surface area contributed by atoms with E-state index in [2.05, 4.69) is 5.32 Å². The number of carboxylic acid groups (broad SMARTS) is 1. The first-order valence-electron chi connectivity index (χ1n) is 8.56. The fraction of sp³-hybridized carbons (Fsp3) is 0.300. The van der Waals surface area contributed by atoms with Gasteiger partial charge in [0.2, 0.25) is 12.0 Å². The zero-order valence-corrected chi connectivity index (χ0v) is 15.6. The highest BCUT2D eigenvalue weighted by Gasteiger charge is 2.22. The lowest BCUT2D eigenvalue weighted by Gasteiger charge is -2.18. The van der Waals surface area contributed by atoms with Crippen LogP contribution in [0.1, 0.15) is 12.5 Å². The second kappa shape index (κ2) is 10.3. The van der Waals surface area contributed by atoms with Crippen molar-refractivity contribution in [2.45, 2.75) is 25.7 Å². The van der Waals surface area contributed by atoms with Gasteiger partial charge in [0.05, 0.1) is 20.3 Å². The number of carbonyl (C=O) groups is 2. The molecule has 2 N–H and O–H groups in total. The molecular formula is C20H22FNO6. The Morgan fingerprint density at radius 1 is 1.14 bits per heavy atom. The first-order chi connectivity index (χ1) is 13.4. The van der Waals surface area contributed by atoms with Crippen LogP contribution in [-0.2, 0) is 20.9 Å². The topological polar surface area (TPSA) is 94.1 Å². The maximum absolute atomic E-state index is 12.9. The van der Waals surface area contributed by atoms with E-state index in [1.54, 1.807) is 26.2 Å². The number of rotatable bonds is 10. The molecule has 0 bridgehead atoms. The lowest BCUT2D eigenvalue weighted by atomic mass is 10.2. The van der Waals surface area contributed by atoms with Crippen molar-refractivity contribution < 1.29 is 33.3 Å². The third-order valence-corrected chi connectivity index (χ3v) is 3.83. The Morgan fingerprint density at radius 3 is 2.50 bits per heavy atom. The van der Waals surface area contributed by atoms with Gasteiger partial charge in [-0.2, -0.15) is 0 Å². The maximum Gasteiger partial charge on any atom is 0.346 e. The summed E-state index contributed by atoms with van der Waals surface area (Å²) in [5.74, 6) is -1.33. The summed E-state index contributed by atoms with van der Waals surface area (Å²) in [6, 6.07) is 12.2. The molecule has 7 nitrogen and oxygen atoms in total. The largest absolute Gasteiger partial charge is 0.497 e. The number of halogens is 1. The third-order valence-electron chi connectivity index (χ3n) is 3.83. The van der Waals surface area contributed by atoms with E-state index in [9.17, 15) is 19.1 Å². The predicted molar refractivity (Wildman–Crippen MR) is 98.7 cm³/mol. The molecule has 2 aromatic rings. The standard InChI is InChI=1S/C20H22FNO6/c1-13(27-12-14-4-3-5-17(10-14)26-2)19(23)22-11-18(20(24)25)28-16-8-6-15(21)7-9-16/h3-10,13,18H,11-12H2,1-2H3,(H,22,23)(H,24,25). The predicted octanol–water partition coefficient (Wildman–Crippen LogP) is 2.39. The second-order valence-corrected chi connectivity index (χ2v) is 5.95. The summed E-state index contributed by atoms with van der Waals surface area (Å²) in [6.07, 6.45) is -2.12. The number of benzene rings is 2. The van der Waals surface area contributed by atoms with Gasteiger partial charge in [-0.3, -0.25) is 4.79 Å². The SMILES string of the molecule is COc1cccc(COC(C)C(=O)NCC(Oc2ccc(F)cc2)C(=O)O)c1. The van der Waals surface area contributed by atoms with Crippen LogP contribution in [0.25, 0.3) is 0 Å². The Kier molecular flexibility index (Phi) is 7.76. The Balaban J connectivity index is 1.83. The van der Waals surface area contributed by atoms with Crippen molar-refractivity contribution in [2.24, 2.45) is 0 Å². The van der Waals surface area contributed by atoms with Crippen molar-refractivity contribution in [3.05, 3.63) is 59.9 Å². The van der Waals surface area contributed by atoms with Crippen molar-refractivity contribution >= 4 is 11.9 Å². The number of amides is 1. The van der Waals surface area contributed by atoms with E-state index in [1.807, 2.05) is 12.1 Å². The van der Waals surface area contributed by atoms with Gasteiger partial charge in [0.1, 0.15) is 23.4 Å². The lowest BCUT2D eigenvalue weighted by molar-refractivity contribution is -0.145. The molecule has 2 atom stereocenters. The number of methoxy groups -OCH3 is 1. The number of nitrogens with one attached hydrogen (secondary N) is 1. The average molecular weight is 391 g/mol. The molecule has 0 fully saturated rings. The molecule has 0 aromatic heterocycles. The normalized spacial score (nSPS) is 12.7. The van der Waals surface area contributed by atoms with Gasteiger partial charge in [-0.25, -0.2) is 9.18 Å². The van der Waals surface area contributed by atoms with Crippen LogP contribution in [-0.4, -0.2) is 42.8 Å². The number of hydrogen-bond acceptors (Lipinski definition) is 5. The zero-order valence-electron chi connectivity index (χ0n) is 15.6. The fourth-order valence-corrected chi connectivity index (χ4v) is 2.25. The Labute approximate surface area is 162 Å². The molecule has 0 spiro atoms. The quantitative estimate of drug-likeness (QED) is 0.646. The van der Waals surface area contributed by atoms with Gasteiger partial charge in [-0.05, 0) is 48.9 Å². The van der Waals surface area contributed by atoms with Crippen LogP contribution in [0.4, 0.5) is 4.39 Å². The van der Waals surface area contributed by atoms with Crippen LogP contribution in [0.15, 0.2) is 48.5 Å². The smallest absolute Gasteiger partial charge is 0.346 e. The molecule has 0 aliphatic heterocycles. The van der Waals surface area contributed by atoms with E-state index < -0.39 is 29.9 Å². The minimum Gasteiger partial charge on any atom is -0.497 e. The molecule has 0 saturated carbocycles. The van der Waals surface area contributed by atoms with E-state index in [0.29, 0.717) is 5.75 Å². The number of carboxylic acids is 1. The summed E-state index contributed by atoms with van der Waals surface area (Å²) in [5, 5.41) is 11.7. The third kappa shape index (κ3) is 6.55. The van der Waals surface area contributed by atoms with Crippen LogP contribution in [0, 0.1) is 5.82 Å². The molecule has 2 unspecified atom stereocenters. The Bertz CT molecular complexity index is 796. The van der Waals surface area contributed by atoms with Crippen molar-refractivity contribution in [3.8, 4) is 11.5 Å². The highest BCUT2D eigenvalue weighted by molar-refractivity contribution is 5.81. The van der Waals surface area contributed by atoms with Crippen LogP contribution in [0.3, 0.4) is 0 Å². The molecule has 0 aliphatic carbocycles. The van der Waals surface area contributed by atoms with Gasteiger partial charge in [-0.15, -0.1) is 0 Å². The highest BCUT2D eigenvalue weighted by atomic mass is 19.1. The number of aliphatic carboxylic acids is 1. The molecule has 2 aromatic carbocycles. The molecule has 28 heavy (non-hydrogen) atoms. The molecule has 0 aliphatic rings. The first kappa shape index (κ1) is 21.2. The first-order valence-corrected chi connectivity index (χ1v) is 8.56. The van der Waals surface area contributed by atoms with Crippen LogP contribution >= 0.6 is 0 Å².